The summed E-state index contributed by atoms with van der Waals surface area (Å²) in [5.41, 5.74) is -0.317. The van der Waals surface area contributed by atoms with E-state index in [0.29, 0.717) is 12.5 Å². The summed E-state index contributed by atoms with van der Waals surface area (Å²) in [5, 5.41) is 12.7. The zero-order chi connectivity index (χ0) is 12.9. The molecule has 4 fully saturated rings. The highest BCUT2D eigenvalue weighted by Gasteiger charge is 2.55. The van der Waals surface area contributed by atoms with Crippen molar-refractivity contribution in [3.8, 4) is 0 Å². The van der Waals surface area contributed by atoms with Crippen molar-refractivity contribution < 1.29 is 5.03 Å². The second kappa shape index (κ2) is 4.04. The summed E-state index contributed by atoms with van der Waals surface area (Å²) in [6, 6.07) is 0. The molecule has 0 atom stereocenters. The third kappa shape index (κ3) is 1.86. The van der Waals surface area contributed by atoms with Crippen LogP contribution in [0.3, 0.4) is 0 Å². The molecule has 4 aliphatic heterocycles. The Kier molecular flexibility index (Phi) is 2.72. The summed E-state index contributed by atoms with van der Waals surface area (Å²) < 4.78 is 0. The van der Waals surface area contributed by atoms with Gasteiger partial charge in [0, 0.05) is 19.6 Å². The van der Waals surface area contributed by atoms with Gasteiger partial charge in [0.1, 0.15) is 5.54 Å². The molecule has 0 aliphatic carbocycles. The summed E-state index contributed by atoms with van der Waals surface area (Å²) in [6.07, 6.45) is 0. The van der Waals surface area contributed by atoms with Gasteiger partial charge in [0.05, 0.1) is 26.6 Å². The molecule has 0 saturated carbocycles. The summed E-state index contributed by atoms with van der Waals surface area (Å²) in [5.74, 6) is 0.309. The van der Waals surface area contributed by atoms with E-state index >= 15 is 0 Å². The molecule has 4 saturated heterocycles. The van der Waals surface area contributed by atoms with E-state index in [2.05, 4.69) is 14.7 Å². The summed E-state index contributed by atoms with van der Waals surface area (Å²) >= 11 is 0. The first-order chi connectivity index (χ1) is 8.48. The van der Waals surface area contributed by atoms with Gasteiger partial charge in [0.25, 0.3) is 0 Å². The van der Waals surface area contributed by atoms with E-state index in [0.717, 1.165) is 39.6 Å². The van der Waals surface area contributed by atoms with Crippen molar-refractivity contribution in [1.82, 2.24) is 19.7 Å². The highest BCUT2D eigenvalue weighted by molar-refractivity contribution is 5.05. The standard InChI is InChI=1S/C11H21N5O2/c1-10(2)3-15(16(17)18)11-4-12-7-13(5-11)9-14(6-11)8-12/h10H,3-9H2,1-2H3. The molecule has 7 heteroatoms. The topological polar surface area (TPSA) is 56.1 Å². The Hall–Kier alpha value is -0.920. The van der Waals surface area contributed by atoms with Crippen LogP contribution in [-0.4, -0.2) is 76.5 Å². The lowest BCUT2D eigenvalue weighted by Gasteiger charge is -2.60. The lowest BCUT2D eigenvalue weighted by Crippen LogP contribution is -2.80. The zero-order valence-electron chi connectivity index (χ0n) is 11.1. The molecule has 4 heterocycles. The fraction of sp³-hybridized carbons (Fsp3) is 1.00. The van der Waals surface area contributed by atoms with Crippen molar-refractivity contribution >= 4 is 0 Å². The first-order valence-electron chi connectivity index (χ1n) is 6.57. The molecule has 0 unspecified atom stereocenters. The molecule has 0 radical (unpaired) electrons. The van der Waals surface area contributed by atoms with Crippen LogP contribution < -0.4 is 0 Å². The second-order valence-electron chi connectivity index (χ2n) is 6.35. The fourth-order valence-corrected chi connectivity index (χ4v) is 3.71. The minimum absolute atomic E-state index is 0.184. The quantitative estimate of drug-likeness (QED) is 0.507. The number of hydrogen-bond acceptors (Lipinski definition) is 5. The summed E-state index contributed by atoms with van der Waals surface area (Å²) in [4.78, 5) is 18.4. The lowest BCUT2D eigenvalue weighted by atomic mass is 9.89. The molecule has 0 aromatic carbocycles. The smallest absolute Gasteiger partial charge is 0.160 e. The van der Waals surface area contributed by atoms with E-state index in [4.69, 9.17) is 0 Å². The average molecular weight is 255 g/mol. The third-order valence-corrected chi connectivity index (χ3v) is 4.04. The molecule has 0 amide bonds. The largest absolute Gasteiger partial charge is 0.275 e. The zero-order valence-corrected chi connectivity index (χ0v) is 11.1. The first-order valence-corrected chi connectivity index (χ1v) is 6.57. The van der Waals surface area contributed by atoms with E-state index in [1.165, 1.54) is 5.01 Å². The molecule has 0 aromatic heterocycles. The van der Waals surface area contributed by atoms with Crippen molar-refractivity contribution in [1.29, 1.82) is 0 Å². The molecule has 7 nitrogen and oxygen atoms in total. The van der Waals surface area contributed by atoms with Gasteiger partial charge in [0.2, 0.25) is 0 Å². The molecule has 0 N–H and O–H groups in total. The number of rotatable bonds is 4. The molecule has 4 rings (SSSR count). The van der Waals surface area contributed by atoms with E-state index in [1.54, 1.807) is 0 Å². The Morgan fingerprint density at radius 2 is 1.61 bits per heavy atom. The fourth-order valence-electron chi connectivity index (χ4n) is 3.71. The SMILES string of the molecule is CC(C)CN([N+](=O)[O-])C12CN3CN(CN(C3)C1)C2. The lowest BCUT2D eigenvalue weighted by molar-refractivity contribution is -0.680. The second-order valence-corrected chi connectivity index (χ2v) is 6.35. The van der Waals surface area contributed by atoms with Crippen LogP contribution in [0.25, 0.3) is 0 Å². The number of hydrogen-bond donors (Lipinski definition) is 0. The third-order valence-electron chi connectivity index (χ3n) is 4.04. The van der Waals surface area contributed by atoms with Crippen molar-refractivity contribution in [2.24, 2.45) is 5.92 Å². The van der Waals surface area contributed by atoms with Gasteiger partial charge in [0.15, 0.2) is 5.03 Å². The maximum absolute atomic E-state index is 11.4. The number of nitro groups is 1. The average Bonchev–Trinajstić information content (AvgIpc) is 2.23. The highest BCUT2D eigenvalue weighted by atomic mass is 16.7. The molecule has 0 spiro atoms. The van der Waals surface area contributed by atoms with Gasteiger partial charge in [-0.25, -0.2) is 10.1 Å². The van der Waals surface area contributed by atoms with Gasteiger partial charge in [-0.2, -0.15) is 0 Å². The predicted octanol–water partition coefficient (Wildman–Crippen LogP) is -0.306. The van der Waals surface area contributed by atoms with Crippen molar-refractivity contribution in [3.63, 3.8) is 0 Å². The van der Waals surface area contributed by atoms with Crippen LogP contribution >= 0.6 is 0 Å². The van der Waals surface area contributed by atoms with Crippen LogP contribution in [0.15, 0.2) is 0 Å². The van der Waals surface area contributed by atoms with E-state index in [9.17, 15) is 10.1 Å². The van der Waals surface area contributed by atoms with Gasteiger partial charge in [-0.15, -0.1) is 5.01 Å². The van der Waals surface area contributed by atoms with Gasteiger partial charge >= 0.3 is 0 Å². The molecule has 0 aromatic rings. The Bertz CT molecular complexity index is 324. The summed E-state index contributed by atoms with van der Waals surface area (Å²) in [6.45, 7) is 9.98. The maximum atomic E-state index is 11.4. The Labute approximate surface area is 107 Å². The van der Waals surface area contributed by atoms with Crippen LogP contribution in [0, 0.1) is 16.0 Å². The molecule has 18 heavy (non-hydrogen) atoms. The molecular weight excluding hydrogens is 234 g/mol. The maximum Gasteiger partial charge on any atom is 0.160 e. The molecule has 4 aliphatic rings. The Balaban J connectivity index is 1.86. The predicted molar refractivity (Wildman–Crippen MR) is 66.0 cm³/mol. The Morgan fingerprint density at radius 1 is 1.17 bits per heavy atom. The van der Waals surface area contributed by atoms with Crippen molar-refractivity contribution in [2.75, 3.05) is 46.2 Å². The van der Waals surface area contributed by atoms with Crippen LogP contribution in [0.4, 0.5) is 0 Å². The normalized spacial score (nSPS) is 41.4. The van der Waals surface area contributed by atoms with Crippen LogP contribution in [0.5, 0.6) is 0 Å². The van der Waals surface area contributed by atoms with Gasteiger partial charge in [-0.1, -0.05) is 13.8 Å². The van der Waals surface area contributed by atoms with Crippen LogP contribution in [-0.2, 0) is 0 Å². The summed E-state index contributed by atoms with van der Waals surface area (Å²) in [7, 11) is 0. The van der Waals surface area contributed by atoms with E-state index in [-0.39, 0.29) is 10.6 Å². The number of hydrazine groups is 1. The van der Waals surface area contributed by atoms with Crippen LogP contribution in [0.1, 0.15) is 13.8 Å². The minimum Gasteiger partial charge on any atom is -0.275 e. The minimum atomic E-state index is -0.317. The van der Waals surface area contributed by atoms with Gasteiger partial charge in [-0.3, -0.25) is 14.7 Å². The molecular formula is C11H21N5O2. The van der Waals surface area contributed by atoms with Gasteiger partial charge < -0.3 is 0 Å². The molecule has 4 bridgehead atoms. The van der Waals surface area contributed by atoms with E-state index in [1.807, 2.05) is 13.8 Å². The van der Waals surface area contributed by atoms with Crippen molar-refractivity contribution in [2.45, 2.75) is 19.4 Å². The van der Waals surface area contributed by atoms with Crippen LogP contribution in [0.2, 0.25) is 0 Å². The number of nitrogens with zero attached hydrogens (tertiary/aromatic N) is 5. The first kappa shape index (κ1) is 12.1. The Morgan fingerprint density at radius 3 is 1.94 bits per heavy atom. The highest BCUT2D eigenvalue weighted by Crippen LogP contribution is 2.33. The van der Waals surface area contributed by atoms with Crippen molar-refractivity contribution in [3.05, 3.63) is 10.1 Å². The van der Waals surface area contributed by atoms with E-state index < -0.39 is 0 Å². The monoisotopic (exact) mass is 255 g/mol. The van der Waals surface area contributed by atoms with Gasteiger partial charge in [-0.05, 0) is 5.92 Å². The molecule has 102 valence electrons.